The lowest BCUT2D eigenvalue weighted by molar-refractivity contribution is -0.115. The van der Waals surface area contributed by atoms with Crippen LogP contribution in [0.5, 0.6) is 11.5 Å². The van der Waals surface area contributed by atoms with Crippen molar-refractivity contribution < 1.29 is 14.3 Å². The predicted octanol–water partition coefficient (Wildman–Crippen LogP) is 4.44. The minimum atomic E-state index is -0.233. The van der Waals surface area contributed by atoms with Crippen LogP contribution in [0.3, 0.4) is 0 Å². The highest BCUT2D eigenvalue weighted by atomic mass is 32.2. The molecule has 0 aliphatic rings. The lowest BCUT2D eigenvalue weighted by Crippen LogP contribution is -2.22. The molecule has 0 spiro atoms. The zero-order valence-corrected chi connectivity index (χ0v) is 15.5. The van der Waals surface area contributed by atoms with Crippen molar-refractivity contribution in [2.45, 2.75) is 30.9 Å². The van der Waals surface area contributed by atoms with Crippen molar-refractivity contribution in [1.29, 1.82) is 0 Å². The Labute approximate surface area is 147 Å². The van der Waals surface area contributed by atoms with Crippen molar-refractivity contribution in [2.75, 3.05) is 19.5 Å². The number of thioether (sulfide) groups is 1. The normalized spacial score (nSPS) is 11.7. The van der Waals surface area contributed by atoms with E-state index >= 15 is 0 Å². The molecule has 5 heteroatoms. The summed E-state index contributed by atoms with van der Waals surface area (Å²) >= 11 is 1.48. The van der Waals surface area contributed by atoms with E-state index in [1.54, 1.807) is 14.2 Å². The summed E-state index contributed by atoms with van der Waals surface area (Å²) in [6, 6.07) is 11.7. The van der Waals surface area contributed by atoms with Crippen molar-refractivity contribution in [1.82, 2.24) is 0 Å². The summed E-state index contributed by atoms with van der Waals surface area (Å²) in [7, 11) is 3.20. The molecular formula is C19H23NO3S. The Morgan fingerprint density at radius 2 is 1.75 bits per heavy atom. The third-order valence-electron chi connectivity index (χ3n) is 3.69. The summed E-state index contributed by atoms with van der Waals surface area (Å²) in [5, 5.41) is 2.77. The maximum atomic E-state index is 12.5. The second-order valence-electron chi connectivity index (χ2n) is 5.58. The van der Waals surface area contributed by atoms with E-state index in [1.165, 1.54) is 11.8 Å². The first kappa shape index (κ1) is 18.2. The van der Waals surface area contributed by atoms with E-state index in [2.05, 4.69) is 5.32 Å². The number of ether oxygens (including phenoxy) is 2. The smallest absolute Gasteiger partial charge is 0.237 e. The molecule has 128 valence electrons. The van der Waals surface area contributed by atoms with Gasteiger partial charge in [0.25, 0.3) is 0 Å². The van der Waals surface area contributed by atoms with Gasteiger partial charge in [0.1, 0.15) is 0 Å². The van der Waals surface area contributed by atoms with Gasteiger partial charge in [-0.05, 0) is 56.2 Å². The molecule has 24 heavy (non-hydrogen) atoms. The number of benzene rings is 2. The molecule has 1 atom stereocenters. The van der Waals surface area contributed by atoms with Crippen LogP contribution in [0.1, 0.15) is 18.1 Å². The Hall–Kier alpha value is -2.14. The third kappa shape index (κ3) is 4.45. The SMILES string of the molecule is COc1ccc(S[C@H](C)C(=O)Nc2cc(C)ccc2C)cc1OC. The number of methoxy groups -OCH3 is 2. The van der Waals surface area contributed by atoms with Gasteiger partial charge in [-0.3, -0.25) is 4.79 Å². The molecule has 0 saturated heterocycles. The first-order chi connectivity index (χ1) is 11.4. The van der Waals surface area contributed by atoms with E-state index in [0.717, 1.165) is 21.7 Å². The van der Waals surface area contributed by atoms with Crippen LogP contribution in [-0.2, 0) is 4.79 Å². The number of carbonyl (C=O) groups is 1. The average molecular weight is 345 g/mol. The molecule has 0 aliphatic heterocycles. The minimum Gasteiger partial charge on any atom is -0.493 e. The second kappa shape index (κ2) is 8.11. The summed E-state index contributed by atoms with van der Waals surface area (Å²) in [5.41, 5.74) is 3.04. The highest BCUT2D eigenvalue weighted by molar-refractivity contribution is 8.00. The van der Waals surface area contributed by atoms with Crippen molar-refractivity contribution >= 4 is 23.4 Å². The molecule has 2 aromatic rings. The van der Waals surface area contributed by atoms with Crippen LogP contribution in [0.4, 0.5) is 5.69 Å². The standard InChI is InChI=1S/C19H23NO3S/c1-12-6-7-13(2)16(10-12)20-19(21)14(3)24-15-8-9-17(22-4)18(11-15)23-5/h6-11,14H,1-5H3,(H,20,21)/t14-/m1/s1. The maximum absolute atomic E-state index is 12.5. The van der Waals surface area contributed by atoms with Gasteiger partial charge in [0.2, 0.25) is 5.91 Å². The number of anilines is 1. The molecule has 0 unspecified atom stereocenters. The molecule has 0 saturated carbocycles. The Morgan fingerprint density at radius 3 is 2.42 bits per heavy atom. The van der Waals surface area contributed by atoms with Gasteiger partial charge in [-0.15, -0.1) is 11.8 Å². The molecule has 0 aromatic heterocycles. The predicted molar refractivity (Wildman–Crippen MR) is 99.4 cm³/mol. The summed E-state index contributed by atoms with van der Waals surface area (Å²) in [5.74, 6) is 1.31. The molecule has 0 aliphatic carbocycles. The number of aryl methyl sites for hydroxylation is 2. The fourth-order valence-electron chi connectivity index (χ4n) is 2.25. The van der Waals surface area contributed by atoms with E-state index in [0.29, 0.717) is 11.5 Å². The van der Waals surface area contributed by atoms with Gasteiger partial charge in [0.15, 0.2) is 11.5 Å². The van der Waals surface area contributed by atoms with Gasteiger partial charge >= 0.3 is 0 Å². The van der Waals surface area contributed by atoms with Gasteiger partial charge < -0.3 is 14.8 Å². The molecule has 4 nitrogen and oxygen atoms in total. The van der Waals surface area contributed by atoms with Crippen LogP contribution < -0.4 is 14.8 Å². The maximum Gasteiger partial charge on any atom is 0.237 e. The molecule has 0 fully saturated rings. The van der Waals surface area contributed by atoms with Crippen molar-refractivity contribution in [3.63, 3.8) is 0 Å². The first-order valence-corrected chi connectivity index (χ1v) is 8.59. The summed E-state index contributed by atoms with van der Waals surface area (Å²) in [6.07, 6.45) is 0. The lowest BCUT2D eigenvalue weighted by Gasteiger charge is -2.15. The highest BCUT2D eigenvalue weighted by Gasteiger charge is 2.16. The van der Waals surface area contributed by atoms with Crippen molar-refractivity contribution in [3.05, 3.63) is 47.5 Å². The van der Waals surface area contributed by atoms with Crippen LogP contribution in [-0.4, -0.2) is 25.4 Å². The summed E-state index contributed by atoms with van der Waals surface area (Å²) < 4.78 is 10.5. The second-order valence-corrected chi connectivity index (χ2v) is 7.00. The fourth-order valence-corrected chi connectivity index (χ4v) is 3.15. The molecule has 2 aromatic carbocycles. The minimum absolute atomic E-state index is 0.0246. The van der Waals surface area contributed by atoms with Crippen LogP contribution >= 0.6 is 11.8 Å². The summed E-state index contributed by atoms with van der Waals surface area (Å²) in [4.78, 5) is 13.4. The van der Waals surface area contributed by atoms with Crippen LogP contribution in [0.2, 0.25) is 0 Å². The largest absolute Gasteiger partial charge is 0.493 e. The highest BCUT2D eigenvalue weighted by Crippen LogP contribution is 2.33. The molecule has 2 rings (SSSR count). The van der Waals surface area contributed by atoms with Crippen molar-refractivity contribution in [2.24, 2.45) is 0 Å². The Bertz CT molecular complexity index is 731. The molecule has 1 amide bonds. The zero-order chi connectivity index (χ0) is 17.7. The van der Waals surface area contributed by atoms with E-state index < -0.39 is 0 Å². The van der Waals surface area contributed by atoms with Gasteiger partial charge in [0.05, 0.1) is 19.5 Å². The number of amides is 1. The molecule has 0 radical (unpaired) electrons. The van der Waals surface area contributed by atoms with Gasteiger partial charge in [-0.25, -0.2) is 0 Å². The fraction of sp³-hybridized carbons (Fsp3) is 0.316. The van der Waals surface area contributed by atoms with E-state index in [4.69, 9.17) is 9.47 Å². The van der Waals surface area contributed by atoms with E-state index in [1.807, 2.05) is 57.2 Å². The Morgan fingerprint density at radius 1 is 1.04 bits per heavy atom. The summed E-state index contributed by atoms with van der Waals surface area (Å²) in [6.45, 7) is 5.89. The first-order valence-electron chi connectivity index (χ1n) is 7.71. The van der Waals surface area contributed by atoms with Gasteiger partial charge in [-0.1, -0.05) is 12.1 Å². The Kier molecular flexibility index (Phi) is 6.15. The molecule has 0 bridgehead atoms. The number of rotatable bonds is 6. The third-order valence-corrected chi connectivity index (χ3v) is 4.78. The topological polar surface area (TPSA) is 47.6 Å². The van der Waals surface area contributed by atoms with Crippen LogP contribution in [0, 0.1) is 13.8 Å². The monoisotopic (exact) mass is 345 g/mol. The number of nitrogens with one attached hydrogen (secondary N) is 1. The molecule has 0 heterocycles. The molecular weight excluding hydrogens is 322 g/mol. The number of carbonyl (C=O) groups excluding carboxylic acids is 1. The lowest BCUT2D eigenvalue weighted by atomic mass is 10.1. The van der Waals surface area contributed by atoms with Gasteiger partial charge in [0, 0.05) is 10.6 Å². The molecule has 1 N–H and O–H groups in total. The van der Waals surface area contributed by atoms with Crippen LogP contribution in [0.15, 0.2) is 41.3 Å². The zero-order valence-electron chi connectivity index (χ0n) is 14.7. The quantitative estimate of drug-likeness (QED) is 0.786. The number of hydrogen-bond donors (Lipinski definition) is 1. The van der Waals surface area contributed by atoms with Crippen molar-refractivity contribution in [3.8, 4) is 11.5 Å². The Balaban J connectivity index is 2.07. The van der Waals surface area contributed by atoms with E-state index in [9.17, 15) is 4.79 Å². The van der Waals surface area contributed by atoms with E-state index in [-0.39, 0.29) is 11.2 Å². The van der Waals surface area contributed by atoms with Gasteiger partial charge in [-0.2, -0.15) is 0 Å². The van der Waals surface area contributed by atoms with Crippen LogP contribution in [0.25, 0.3) is 0 Å². The number of hydrogen-bond acceptors (Lipinski definition) is 4. The average Bonchev–Trinajstić information content (AvgIpc) is 2.57.